The van der Waals surface area contributed by atoms with Crippen LogP contribution in [0.2, 0.25) is 5.02 Å². The molecule has 2 aromatic rings. The number of benzene rings is 1. The van der Waals surface area contributed by atoms with Crippen molar-refractivity contribution in [3.63, 3.8) is 0 Å². The Morgan fingerprint density at radius 3 is 3.17 bits per heavy atom. The molecule has 124 valence electrons. The molecule has 1 aliphatic rings. The molecule has 1 aromatic heterocycles. The molecule has 3 rings (SSSR count). The fourth-order valence-electron chi connectivity index (χ4n) is 2.60. The van der Waals surface area contributed by atoms with E-state index in [2.05, 4.69) is 10.3 Å². The van der Waals surface area contributed by atoms with Crippen LogP contribution >= 0.6 is 11.6 Å². The van der Waals surface area contributed by atoms with Gasteiger partial charge in [0.05, 0.1) is 23.7 Å². The molecule has 23 heavy (non-hydrogen) atoms. The van der Waals surface area contributed by atoms with Crippen LogP contribution in [0.1, 0.15) is 19.8 Å². The van der Waals surface area contributed by atoms with Crippen LogP contribution in [0.15, 0.2) is 18.2 Å². The molecule has 6 nitrogen and oxygen atoms in total. The maximum atomic E-state index is 12.3. The van der Waals surface area contributed by atoms with Crippen molar-refractivity contribution in [2.24, 2.45) is 7.05 Å². The molecule has 0 radical (unpaired) electrons. The van der Waals surface area contributed by atoms with E-state index in [1.165, 1.54) is 0 Å². The average molecular weight is 338 g/mol. The summed E-state index contributed by atoms with van der Waals surface area (Å²) < 4.78 is 12.9. The molecule has 1 saturated heterocycles. The Hall–Kier alpha value is -1.63. The van der Waals surface area contributed by atoms with Gasteiger partial charge in [-0.05, 0) is 38.0 Å². The van der Waals surface area contributed by atoms with Crippen molar-refractivity contribution in [1.29, 1.82) is 0 Å². The highest BCUT2D eigenvalue weighted by molar-refractivity contribution is 6.31. The number of rotatable bonds is 5. The second-order valence-corrected chi connectivity index (χ2v) is 6.16. The van der Waals surface area contributed by atoms with E-state index < -0.39 is 6.10 Å². The monoisotopic (exact) mass is 337 g/mol. The number of aromatic nitrogens is 2. The van der Waals surface area contributed by atoms with E-state index in [-0.39, 0.29) is 12.0 Å². The standard InChI is InChI=1S/C16H20ClN3O3/c1-10(23-9-12-4-3-7-22-12)15(21)19-16-18-13-8-11(17)5-6-14(13)20(16)2/h5-6,8,10,12H,3-4,7,9H2,1-2H3,(H,18,19,21)/t10-,12+/m1/s1. The number of halogens is 1. The lowest BCUT2D eigenvalue weighted by molar-refractivity contribution is -0.128. The number of carbonyl (C=O) groups excluding carboxylic acids is 1. The smallest absolute Gasteiger partial charge is 0.255 e. The van der Waals surface area contributed by atoms with Crippen LogP contribution in [0.25, 0.3) is 11.0 Å². The molecule has 1 fully saturated rings. The lowest BCUT2D eigenvalue weighted by Crippen LogP contribution is -2.31. The second-order valence-electron chi connectivity index (χ2n) is 5.73. The Bertz CT molecular complexity index is 710. The average Bonchev–Trinajstić information content (AvgIpc) is 3.14. The van der Waals surface area contributed by atoms with E-state index in [0.29, 0.717) is 17.6 Å². The lowest BCUT2D eigenvalue weighted by Gasteiger charge is -2.15. The highest BCUT2D eigenvalue weighted by atomic mass is 35.5. The van der Waals surface area contributed by atoms with E-state index in [9.17, 15) is 4.79 Å². The first-order chi connectivity index (χ1) is 11.0. The van der Waals surface area contributed by atoms with E-state index in [1.54, 1.807) is 19.1 Å². The minimum absolute atomic E-state index is 0.100. The topological polar surface area (TPSA) is 65.4 Å². The first-order valence-electron chi connectivity index (χ1n) is 7.70. The predicted octanol–water partition coefficient (Wildman–Crippen LogP) is 2.75. The van der Waals surface area contributed by atoms with E-state index in [4.69, 9.17) is 21.1 Å². The molecule has 1 aromatic carbocycles. The van der Waals surface area contributed by atoms with Gasteiger partial charge in [-0.2, -0.15) is 0 Å². The van der Waals surface area contributed by atoms with Crippen LogP contribution < -0.4 is 5.32 Å². The van der Waals surface area contributed by atoms with E-state index in [1.807, 2.05) is 17.7 Å². The molecular weight excluding hydrogens is 318 g/mol. The van der Waals surface area contributed by atoms with Gasteiger partial charge in [-0.1, -0.05) is 11.6 Å². The molecule has 0 spiro atoms. The van der Waals surface area contributed by atoms with Crippen LogP contribution in [0.4, 0.5) is 5.95 Å². The summed E-state index contributed by atoms with van der Waals surface area (Å²) >= 11 is 5.97. The number of anilines is 1. The summed E-state index contributed by atoms with van der Waals surface area (Å²) in [6, 6.07) is 5.44. The summed E-state index contributed by atoms with van der Waals surface area (Å²) in [7, 11) is 1.84. The molecule has 1 aliphatic heterocycles. The fourth-order valence-corrected chi connectivity index (χ4v) is 2.77. The Balaban J connectivity index is 1.63. The molecule has 0 bridgehead atoms. The quantitative estimate of drug-likeness (QED) is 0.911. The summed E-state index contributed by atoms with van der Waals surface area (Å²) in [6.45, 7) is 2.94. The van der Waals surface area contributed by atoms with Gasteiger partial charge >= 0.3 is 0 Å². The van der Waals surface area contributed by atoms with Gasteiger partial charge < -0.3 is 14.0 Å². The maximum absolute atomic E-state index is 12.3. The molecule has 2 atom stereocenters. The zero-order valence-corrected chi connectivity index (χ0v) is 14.0. The largest absolute Gasteiger partial charge is 0.376 e. The lowest BCUT2D eigenvalue weighted by atomic mass is 10.2. The molecule has 7 heteroatoms. The van der Waals surface area contributed by atoms with Crippen molar-refractivity contribution < 1.29 is 14.3 Å². The van der Waals surface area contributed by atoms with Crippen molar-refractivity contribution in [1.82, 2.24) is 9.55 Å². The molecule has 1 N–H and O–H groups in total. The molecule has 2 heterocycles. The van der Waals surface area contributed by atoms with Gasteiger partial charge in [-0.15, -0.1) is 0 Å². The third kappa shape index (κ3) is 3.65. The van der Waals surface area contributed by atoms with Gasteiger partial charge in [0.25, 0.3) is 5.91 Å². The van der Waals surface area contributed by atoms with Crippen LogP contribution in [-0.4, -0.2) is 40.9 Å². The number of hydrogen-bond acceptors (Lipinski definition) is 4. The zero-order valence-electron chi connectivity index (χ0n) is 13.2. The Morgan fingerprint density at radius 1 is 1.61 bits per heavy atom. The van der Waals surface area contributed by atoms with Gasteiger partial charge in [0.15, 0.2) is 0 Å². The first kappa shape index (κ1) is 16.2. The number of hydrogen-bond donors (Lipinski definition) is 1. The number of fused-ring (bicyclic) bond motifs is 1. The molecule has 1 amide bonds. The van der Waals surface area contributed by atoms with E-state index in [0.717, 1.165) is 30.5 Å². The van der Waals surface area contributed by atoms with Crippen LogP contribution in [-0.2, 0) is 21.3 Å². The summed E-state index contributed by atoms with van der Waals surface area (Å²) in [4.78, 5) is 16.7. The second kappa shape index (κ2) is 6.86. The van der Waals surface area contributed by atoms with Gasteiger partial charge in [0.1, 0.15) is 6.10 Å². The number of amides is 1. The van der Waals surface area contributed by atoms with Gasteiger partial charge in [-0.25, -0.2) is 4.98 Å². The summed E-state index contributed by atoms with van der Waals surface area (Å²) in [6.07, 6.45) is 1.57. The molecule has 0 saturated carbocycles. The number of aryl methyl sites for hydroxylation is 1. The number of imidazole rings is 1. The number of carbonyl (C=O) groups is 1. The van der Waals surface area contributed by atoms with Crippen molar-refractivity contribution in [2.75, 3.05) is 18.5 Å². The Labute approximate surface area is 139 Å². The van der Waals surface area contributed by atoms with Crippen molar-refractivity contribution >= 4 is 34.5 Å². The van der Waals surface area contributed by atoms with Gasteiger partial charge in [0.2, 0.25) is 5.95 Å². The minimum Gasteiger partial charge on any atom is -0.376 e. The van der Waals surface area contributed by atoms with Crippen LogP contribution in [0.3, 0.4) is 0 Å². The fraction of sp³-hybridized carbons (Fsp3) is 0.500. The summed E-state index contributed by atoms with van der Waals surface area (Å²) in [5.41, 5.74) is 1.64. The molecule has 0 aliphatic carbocycles. The SMILES string of the molecule is C[C@@H](OC[C@@H]1CCCO1)C(=O)Nc1nc2cc(Cl)ccc2n1C. The highest BCUT2D eigenvalue weighted by Gasteiger charge is 2.21. The number of nitrogens with one attached hydrogen (secondary N) is 1. The third-order valence-electron chi connectivity index (χ3n) is 4.00. The predicted molar refractivity (Wildman–Crippen MR) is 88.7 cm³/mol. The van der Waals surface area contributed by atoms with Crippen molar-refractivity contribution in [3.8, 4) is 0 Å². The first-order valence-corrected chi connectivity index (χ1v) is 8.08. The van der Waals surface area contributed by atoms with Crippen LogP contribution in [0, 0.1) is 0 Å². The maximum Gasteiger partial charge on any atom is 0.255 e. The van der Waals surface area contributed by atoms with Gasteiger partial charge in [-0.3, -0.25) is 10.1 Å². The summed E-state index contributed by atoms with van der Waals surface area (Å²) in [5.74, 6) is 0.243. The van der Waals surface area contributed by atoms with Gasteiger partial charge in [0, 0.05) is 18.7 Å². The zero-order chi connectivity index (χ0) is 16.4. The highest BCUT2D eigenvalue weighted by Crippen LogP contribution is 2.22. The Kier molecular flexibility index (Phi) is 4.84. The van der Waals surface area contributed by atoms with Crippen molar-refractivity contribution in [2.45, 2.75) is 32.0 Å². The normalized spacial score (nSPS) is 19.2. The number of nitrogens with zero attached hydrogens (tertiary/aromatic N) is 2. The molecular formula is C16H20ClN3O3. The van der Waals surface area contributed by atoms with E-state index >= 15 is 0 Å². The number of ether oxygens (including phenoxy) is 2. The third-order valence-corrected chi connectivity index (χ3v) is 4.24. The molecule has 0 unspecified atom stereocenters. The summed E-state index contributed by atoms with van der Waals surface area (Å²) in [5, 5.41) is 3.41. The van der Waals surface area contributed by atoms with Crippen LogP contribution in [0.5, 0.6) is 0 Å². The minimum atomic E-state index is -0.567. The Morgan fingerprint density at radius 2 is 2.43 bits per heavy atom. The van der Waals surface area contributed by atoms with Crippen molar-refractivity contribution in [3.05, 3.63) is 23.2 Å².